The Morgan fingerprint density at radius 2 is 1.89 bits per heavy atom. The summed E-state index contributed by atoms with van der Waals surface area (Å²) < 4.78 is 0. The third-order valence-electron chi connectivity index (χ3n) is 6.00. The maximum atomic E-state index is 13.4. The minimum Gasteiger partial charge on any atom is -0.481 e. The van der Waals surface area contributed by atoms with Crippen molar-refractivity contribution in [3.63, 3.8) is 0 Å². The SMILES string of the molecule is Cc1cc(C)c2nc(C3CC3)cc(C(=O)N3CCC(C(=O)O)C(C)C3)c2c1. The molecule has 1 aromatic carbocycles. The first-order valence-corrected chi connectivity index (χ1v) is 9.79. The molecule has 1 amide bonds. The molecule has 0 radical (unpaired) electrons. The number of carbonyl (C=O) groups is 2. The highest BCUT2D eigenvalue weighted by molar-refractivity contribution is 6.07. The van der Waals surface area contributed by atoms with Crippen molar-refractivity contribution in [1.29, 1.82) is 0 Å². The van der Waals surface area contributed by atoms with Crippen molar-refractivity contribution in [2.75, 3.05) is 13.1 Å². The van der Waals surface area contributed by atoms with Crippen molar-refractivity contribution < 1.29 is 14.7 Å². The summed E-state index contributed by atoms with van der Waals surface area (Å²) in [7, 11) is 0. The quantitative estimate of drug-likeness (QED) is 0.894. The first kappa shape index (κ1) is 18.0. The smallest absolute Gasteiger partial charge is 0.306 e. The first-order valence-electron chi connectivity index (χ1n) is 9.79. The second kappa shape index (κ2) is 6.63. The van der Waals surface area contributed by atoms with Gasteiger partial charge in [0.1, 0.15) is 0 Å². The van der Waals surface area contributed by atoms with E-state index in [-0.39, 0.29) is 17.7 Å². The molecule has 4 rings (SSSR count). The number of piperidine rings is 1. The molecule has 1 aromatic heterocycles. The van der Waals surface area contributed by atoms with Crippen LogP contribution in [0.4, 0.5) is 0 Å². The third-order valence-corrected chi connectivity index (χ3v) is 6.00. The van der Waals surface area contributed by atoms with Crippen LogP contribution in [0.5, 0.6) is 0 Å². The first-order chi connectivity index (χ1) is 12.8. The Labute approximate surface area is 159 Å². The molecule has 1 aliphatic heterocycles. The average molecular weight is 366 g/mol. The molecule has 2 fully saturated rings. The number of pyridine rings is 1. The van der Waals surface area contributed by atoms with E-state index in [1.54, 1.807) is 0 Å². The molecule has 0 spiro atoms. The van der Waals surface area contributed by atoms with E-state index in [1.807, 2.05) is 37.8 Å². The number of fused-ring (bicyclic) bond motifs is 1. The highest BCUT2D eigenvalue weighted by Crippen LogP contribution is 2.41. The number of hydrogen-bond acceptors (Lipinski definition) is 3. The van der Waals surface area contributed by atoms with Crippen LogP contribution in [0.3, 0.4) is 0 Å². The van der Waals surface area contributed by atoms with Gasteiger partial charge in [-0.05, 0) is 56.7 Å². The topological polar surface area (TPSA) is 70.5 Å². The number of likely N-dealkylation sites (tertiary alicyclic amines) is 1. The maximum absolute atomic E-state index is 13.4. The number of amides is 1. The molecule has 27 heavy (non-hydrogen) atoms. The molecule has 5 heteroatoms. The molecule has 0 bridgehead atoms. The number of nitrogens with zero attached hydrogens (tertiary/aromatic N) is 2. The summed E-state index contributed by atoms with van der Waals surface area (Å²) in [6.45, 7) is 6.99. The molecule has 2 aliphatic rings. The Morgan fingerprint density at radius 3 is 2.52 bits per heavy atom. The molecule has 2 unspecified atom stereocenters. The van der Waals surface area contributed by atoms with Gasteiger partial charge in [0.25, 0.3) is 5.91 Å². The van der Waals surface area contributed by atoms with E-state index in [0.717, 1.165) is 46.1 Å². The monoisotopic (exact) mass is 366 g/mol. The molecule has 1 N–H and O–H groups in total. The number of carboxylic acids is 1. The van der Waals surface area contributed by atoms with Gasteiger partial charge in [-0.1, -0.05) is 18.6 Å². The zero-order valence-corrected chi connectivity index (χ0v) is 16.2. The van der Waals surface area contributed by atoms with Crippen LogP contribution in [-0.4, -0.2) is 40.0 Å². The van der Waals surface area contributed by atoms with Gasteiger partial charge in [0.2, 0.25) is 0 Å². The number of carbonyl (C=O) groups excluding carboxylic acids is 1. The van der Waals surface area contributed by atoms with Crippen molar-refractivity contribution in [2.45, 2.75) is 46.0 Å². The van der Waals surface area contributed by atoms with Crippen LogP contribution >= 0.6 is 0 Å². The molecule has 1 saturated heterocycles. The van der Waals surface area contributed by atoms with E-state index in [9.17, 15) is 14.7 Å². The normalized spacial score (nSPS) is 22.9. The van der Waals surface area contributed by atoms with Crippen molar-refractivity contribution in [2.24, 2.45) is 11.8 Å². The third kappa shape index (κ3) is 3.31. The number of carboxylic acid groups (broad SMARTS) is 1. The standard InChI is InChI=1S/C22H26N2O3/c1-12-8-13(2)20-17(9-12)18(10-19(23-20)15-4-5-15)21(25)24-7-6-16(22(26)27)14(3)11-24/h8-10,14-16H,4-7,11H2,1-3H3,(H,26,27). The van der Waals surface area contributed by atoms with Gasteiger partial charge in [0.05, 0.1) is 17.0 Å². The fraction of sp³-hybridized carbons (Fsp3) is 0.500. The largest absolute Gasteiger partial charge is 0.481 e. The van der Waals surface area contributed by atoms with Crippen LogP contribution in [-0.2, 0) is 4.79 Å². The van der Waals surface area contributed by atoms with Gasteiger partial charge in [0, 0.05) is 30.1 Å². The van der Waals surface area contributed by atoms with E-state index in [2.05, 4.69) is 6.07 Å². The lowest BCUT2D eigenvalue weighted by Gasteiger charge is -2.35. The van der Waals surface area contributed by atoms with Gasteiger partial charge >= 0.3 is 5.97 Å². The van der Waals surface area contributed by atoms with Crippen LogP contribution in [0.15, 0.2) is 18.2 Å². The second-order valence-electron chi connectivity index (χ2n) is 8.31. The Hall–Kier alpha value is -2.43. The van der Waals surface area contributed by atoms with Gasteiger partial charge in [-0.2, -0.15) is 0 Å². The minimum absolute atomic E-state index is 0.00462. The summed E-state index contributed by atoms with van der Waals surface area (Å²) in [5.41, 5.74) is 4.87. The highest BCUT2D eigenvalue weighted by Gasteiger charge is 2.34. The summed E-state index contributed by atoms with van der Waals surface area (Å²) >= 11 is 0. The molecule has 1 aliphatic carbocycles. The van der Waals surface area contributed by atoms with Crippen molar-refractivity contribution in [3.8, 4) is 0 Å². The van der Waals surface area contributed by atoms with Gasteiger partial charge in [-0.25, -0.2) is 0 Å². The summed E-state index contributed by atoms with van der Waals surface area (Å²) in [6, 6.07) is 6.14. The summed E-state index contributed by atoms with van der Waals surface area (Å²) in [4.78, 5) is 31.5. The number of benzene rings is 1. The summed E-state index contributed by atoms with van der Waals surface area (Å²) in [5.74, 6) is -0.691. The van der Waals surface area contributed by atoms with Crippen LogP contribution in [0.25, 0.3) is 10.9 Å². The maximum Gasteiger partial charge on any atom is 0.306 e. The van der Waals surface area contributed by atoms with Gasteiger partial charge in [-0.15, -0.1) is 0 Å². The molecule has 2 heterocycles. The fourth-order valence-electron chi connectivity index (χ4n) is 4.33. The number of aliphatic carboxylic acids is 1. The fourth-order valence-corrected chi connectivity index (χ4v) is 4.33. The minimum atomic E-state index is -0.758. The van der Waals surface area contributed by atoms with Crippen molar-refractivity contribution in [1.82, 2.24) is 9.88 Å². The zero-order chi connectivity index (χ0) is 19.3. The van der Waals surface area contributed by atoms with Crippen LogP contribution < -0.4 is 0 Å². The molecular formula is C22H26N2O3. The van der Waals surface area contributed by atoms with Crippen LogP contribution in [0, 0.1) is 25.7 Å². The van der Waals surface area contributed by atoms with Crippen molar-refractivity contribution in [3.05, 3.63) is 40.6 Å². The van der Waals surface area contributed by atoms with E-state index in [4.69, 9.17) is 4.98 Å². The van der Waals surface area contributed by atoms with Gasteiger partial charge < -0.3 is 10.0 Å². The Kier molecular flexibility index (Phi) is 4.41. The number of hydrogen-bond donors (Lipinski definition) is 1. The lowest BCUT2D eigenvalue weighted by atomic mass is 9.86. The predicted molar refractivity (Wildman–Crippen MR) is 104 cm³/mol. The Bertz CT molecular complexity index is 933. The van der Waals surface area contributed by atoms with E-state index >= 15 is 0 Å². The van der Waals surface area contributed by atoms with E-state index in [1.165, 1.54) is 0 Å². The Balaban J connectivity index is 1.74. The highest BCUT2D eigenvalue weighted by atomic mass is 16.4. The molecule has 142 valence electrons. The van der Waals surface area contributed by atoms with Gasteiger partial charge in [-0.3, -0.25) is 14.6 Å². The molecule has 2 atom stereocenters. The number of rotatable bonds is 3. The van der Waals surface area contributed by atoms with Crippen LogP contribution in [0.2, 0.25) is 0 Å². The Morgan fingerprint density at radius 1 is 1.15 bits per heavy atom. The summed E-state index contributed by atoms with van der Waals surface area (Å²) in [5, 5.41) is 10.3. The molecular weight excluding hydrogens is 340 g/mol. The number of aromatic nitrogens is 1. The zero-order valence-electron chi connectivity index (χ0n) is 16.2. The van der Waals surface area contributed by atoms with Crippen LogP contribution in [0.1, 0.15) is 59.3 Å². The predicted octanol–water partition coefficient (Wildman–Crippen LogP) is 3.91. The molecule has 1 saturated carbocycles. The lowest BCUT2D eigenvalue weighted by molar-refractivity contribution is -0.145. The van der Waals surface area contributed by atoms with Crippen molar-refractivity contribution >= 4 is 22.8 Å². The molecule has 5 nitrogen and oxygen atoms in total. The molecule has 2 aromatic rings. The summed E-state index contributed by atoms with van der Waals surface area (Å²) in [6.07, 6.45) is 2.79. The second-order valence-corrected chi connectivity index (χ2v) is 8.31. The van der Waals surface area contributed by atoms with E-state index in [0.29, 0.717) is 25.4 Å². The van der Waals surface area contributed by atoms with Gasteiger partial charge in [0.15, 0.2) is 0 Å². The number of aryl methyl sites for hydroxylation is 2. The van der Waals surface area contributed by atoms with E-state index < -0.39 is 5.97 Å². The average Bonchev–Trinajstić information content (AvgIpc) is 3.45. The lowest BCUT2D eigenvalue weighted by Crippen LogP contribution is -2.45.